The molecule has 1 N–H and O–H groups in total. The number of esters is 2. The molecule has 2 heterocycles. The monoisotopic (exact) mass is 477 g/mol. The van der Waals surface area contributed by atoms with Crippen LogP contribution in [0.25, 0.3) is 0 Å². The summed E-state index contributed by atoms with van der Waals surface area (Å²) in [5, 5.41) is 3.24. The summed E-state index contributed by atoms with van der Waals surface area (Å²) < 4.78 is 12.1. The van der Waals surface area contributed by atoms with Crippen LogP contribution in [0.1, 0.15) is 78.1 Å². The molecule has 5 nitrogen and oxygen atoms in total. The van der Waals surface area contributed by atoms with Crippen molar-refractivity contribution in [1.82, 2.24) is 5.32 Å². The van der Waals surface area contributed by atoms with Crippen LogP contribution in [0.5, 0.6) is 0 Å². The number of cyclic esters (lactones) is 2. The summed E-state index contributed by atoms with van der Waals surface area (Å²) in [5.41, 5.74) is 2.45. The fourth-order valence-electron chi connectivity index (χ4n) is 8.39. The summed E-state index contributed by atoms with van der Waals surface area (Å²) in [7, 11) is 1.97. The Kier molecular flexibility index (Phi) is 5.63. The Hall–Kier alpha value is -2.14. The van der Waals surface area contributed by atoms with Crippen molar-refractivity contribution in [1.29, 1.82) is 0 Å². The molecule has 5 heteroatoms. The summed E-state index contributed by atoms with van der Waals surface area (Å²) in [4.78, 5) is 26.7. The van der Waals surface area contributed by atoms with E-state index in [-0.39, 0.29) is 23.3 Å². The number of fused-ring (bicyclic) bond motifs is 1. The minimum Gasteiger partial charge on any atom is -0.427 e. The Morgan fingerprint density at radius 2 is 1.94 bits per heavy atom. The molecule has 0 aromatic rings. The minimum absolute atomic E-state index is 0.0122. The van der Waals surface area contributed by atoms with Crippen LogP contribution in [0.4, 0.5) is 0 Å². The number of hydrogen-bond acceptors (Lipinski definition) is 5. The predicted octanol–water partition coefficient (Wildman–Crippen LogP) is 5.74. The second-order valence-electron chi connectivity index (χ2n) is 12.0. The van der Waals surface area contributed by atoms with E-state index in [0.717, 1.165) is 73.3 Å². The summed E-state index contributed by atoms with van der Waals surface area (Å²) in [6.45, 7) is 5.38. The molecule has 0 aromatic heterocycles. The van der Waals surface area contributed by atoms with Crippen molar-refractivity contribution in [2.45, 2.75) is 78.1 Å². The first-order valence-corrected chi connectivity index (χ1v) is 13.9. The predicted molar refractivity (Wildman–Crippen MR) is 134 cm³/mol. The molecule has 188 valence electrons. The highest BCUT2D eigenvalue weighted by molar-refractivity contribution is 5.99. The minimum atomic E-state index is -0.499. The maximum atomic E-state index is 13.5. The first-order valence-electron chi connectivity index (χ1n) is 13.9. The number of carbonyl (C=O) groups excluding carboxylic acids is 2. The van der Waals surface area contributed by atoms with Crippen LogP contribution >= 0.6 is 0 Å². The van der Waals surface area contributed by atoms with Gasteiger partial charge in [-0.1, -0.05) is 32.8 Å². The van der Waals surface area contributed by atoms with Gasteiger partial charge in [-0.2, -0.15) is 0 Å². The zero-order valence-corrected chi connectivity index (χ0v) is 21.5. The van der Waals surface area contributed by atoms with E-state index in [9.17, 15) is 9.59 Å². The molecule has 35 heavy (non-hydrogen) atoms. The van der Waals surface area contributed by atoms with Crippen molar-refractivity contribution in [2.75, 3.05) is 13.6 Å². The smallest absolute Gasteiger partial charge is 0.340 e. The van der Waals surface area contributed by atoms with Gasteiger partial charge in [0.15, 0.2) is 0 Å². The van der Waals surface area contributed by atoms with Crippen molar-refractivity contribution in [3.05, 3.63) is 46.5 Å². The highest BCUT2D eigenvalue weighted by Crippen LogP contribution is 2.68. The molecule has 2 bridgehead atoms. The molecule has 1 spiro atoms. The normalized spacial score (nSPS) is 37.8. The topological polar surface area (TPSA) is 64.6 Å². The quantitative estimate of drug-likeness (QED) is 0.494. The van der Waals surface area contributed by atoms with Gasteiger partial charge in [0, 0.05) is 22.6 Å². The van der Waals surface area contributed by atoms with Gasteiger partial charge in [0.2, 0.25) is 0 Å². The Morgan fingerprint density at radius 3 is 2.69 bits per heavy atom. The number of nitrogens with one attached hydrogen (secondary N) is 1. The second kappa shape index (κ2) is 8.47. The molecule has 1 saturated heterocycles. The van der Waals surface area contributed by atoms with Crippen molar-refractivity contribution in [3.63, 3.8) is 0 Å². The largest absolute Gasteiger partial charge is 0.427 e. The fraction of sp³-hybridized carbons (Fsp3) is 0.667. The van der Waals surface area contributed by atoms with Crippen molar-refractivity contribution in [3.8, 4) is 0 Å². The van der Waals surface area contributed by atoms with E-state index in [4.69, 9.17) is 9.47 Å². The molecule has 3 fully saturated rings. The third kappa shape index (κ3) is 3.37. The Labute approximate surface area is 209 Å². The van der Waals surface area contributed by atoms with E-state index in [2.05, 4.69) is 37.4 Å². The van der Waals surface area contributed by atoms with Gasteiger partial charge < -0.3 is 14.8 Å². The number of hydrogen-bond donors (Lipinski definition) is 1. The molecule has 5 atom stereocenters. The van der Waals surface area contributed by atoms with Crippen LogP contribution in [-0.2, 0) is 19.1 Å². The zero-order valence-electron chi connectivity index (χ0n) is 21.5. The Balaban J connectivity index is 1.44. The van der Waals surface area contributed by atoms with Gasteiger partial charge in [-0.05, 0) is 100 Å². The second-order valence-corrected chi connectivity index (χ2v) is 12.0. The fourth-order valence-corrected chi connectivity index (χ4v) is 8.39. The van der Waals surface area contributed by atoms with Crippen LogP contribution in [-0.4, -0.2) is 25.5 Å². The van der Waals surface area contributed by atoms with Crippen molar-refractivity contribution < 1.29 is 19.1 Å². The lowest BCUT2D eigenvalue weighted by Crippen LogP contribution is -2.50. The van der Waals surface area contributed by atoms with Crippen LogP contribution < -0.4 is 5.32 Å². The van der Waals surface area contributed by atoms with E-state index in [1.54, 1.807) is 0 Å². The highest BCUT2D eigenvalue weighted by Gasteiger charge is 2.66. The maximum absolute atomic E-state index is 13.5. The first-order chi connectivity index (χ1) is 16.9. The molecule has 7 rings (SSSR count). The van der Waals surface area contributed by atoms with E-state index in [1.807, 2.05) is 7.05 Å². The molecule has 5 aliphatic carbocycles. The number of carbonyl (C=O) groups is 2. The van der Waals surface area contributed by atoms with Gasteiger partial charge >= 0.3 is 11.9 Å². The molecule has 0 radical (unpaired) electrons. The van der Waals surface area contributed by atoms with Crippen LogP contribution in [0.3, 0.4) is 0 Å². The molecular weight excluding hydrogens is 438 g/mol. The standard InChI is InChI=1S/C30H39NO4/c1-4-29(12-5-6-13-29)16-23-21-9-8-20-19-11-14-30(26(20)25(21)28(33)34-23)22(15-19)27(32)35-24(30)10-7-18(2)17-31-3/h10,15-16,18-20,26,31H,4-9,11-14,17H2,1-3H3/b23-16-,24-10?/t18-,19+,20-,26+,30-/m0/s1. The Morgan fingerprint density at radius 1 is 1.14 bits per heavy atom. The average Bonchev–Trinajstić information content (AvgIpc) is 3.54. The van der Waals surface area contributed by atoms with E-state index >= 15 is 0 Å². The summed E-state index contributed by atoms with van der Waals surface area (Å²) in [6, 6.07) is 0. The summed E-state index contributed by atoms with van der Waals surface area (Å²) in [5.74, 6) is 2.40. The molecule has 2 aliphatic heterocycles. The Bertz CT molecular complexity index is 1070. The SMILES string of the molecule is CCC1(/C=C2\OC(=O)C3=C2CC[C@H]2[C@H]4C=C5C(=O)OC(=CC[C@H](C)CNC)[C@@]5(CC4)[C@@H]32)CCCC1. The van der Waals surface area contributed by atoms with Gasteiger partial charge in [-0.15, -0.1) is 0 Å². The van der Waals surface area contributed by atoms with Gasteiger partial charge in [0.1, 0.15) is 11.5 Å². The third-order valence-corrected chi connectivity index (χ3v) is 10.2. The first kappa shape index (κ1) is 23.3. The highest BCUT2D eigenvalue weighted by atomic mass is 16.5. The molecule has 0 aromatic carbocycles. The van der Waals surface area contributed by atoms with Crippen LogP contribution in [0, 0.1) is 34.5 Å². The average molecular weight is 478 g/mol. The van der Waals surface area contributed by atoms with E-state index < -0.39 is 5.41 Å². The molecule has 0 unspecified atom stereocenters. The lowest BCUT2D eigenvalue weighted by atomic mass is 9.47. The van der Waals surface area contributed by atoms with Gasteiger partial charge in [0.05, 0.1) is 5.41 Å². The van der Waals surface area contributed by atoms with Crippen LogP contribution in [0.15, 0.2) is 46.5 Å². The van der Waals surface area contributed by atoms with Crippen LogP contribution in [0.2, 0.25) is 0 Å². The zero-order chi connectivity index (χ0) is 24.4. The molecule has 0 amide bonds. The van der Waals surface area contributed by atoms with Crippen molar-refractivity contribution >= 4 is 11.9 Å². The molecule has 7 aliphatic rings. The maximum Gasteiger partial charge on any atom is 0.340 e. The lowest BCUT2D eigenvalue weighted by Gasteiger charge is -2.54. The molecular formula is C30H39NO4. The lowest BCUT2D eigenvalue weighted by molar-refractivity contribution is -0.135. The number of allylic oxidation sites excluding steroid dienone is 5. The third-order valence-electron chi connectivity index (χ3n) is 10.2. The number of ether oxygens (including phenoxy) is 2. The van der Waals surface area contributed by atoms with E-state index in [0.29, 0.717) is 17.8 Å². The molecule has 2 saturated carbocycles. The summed E-state index contributed by atoms with van der Waals surface area (Å²) >= 11 is 0. The van der Waals surface area contributed by atoms with E-state index in [1.165, 1.54) is 25.7 Å². The van der Waals surface area contributed by atoms with Crippen molar-refractivity contribution in [2.24, 2.45) is 34.5 Å². The van der Waals surface area contributed by atoms with Gasteiger partial charge in [-0.3, -0.25) is 0 Å². The van der Waals surface area contributed by atoms with Gasteiger partial charge in [0.25, 0.3) is 0 Å². The summed E-state index contributed by atoms with van der Waals surface area (Å²) in [6.07, 6.45) is 17.3. The van der Waals surface area contributed by atoms with Gasteiger partial charge in [-0.25, -0.2) is 9.59 Å². The number of rotatable bonds is 6.